The first-order valence-corrected chi connectivity index (χ1v) is 12.3. The van der Waals surface area contributed by atoms with Gasteiger partial charge in [0.15, 0.2) is 11.6 Å². The van der Waals surface area contributed by atoms with Gasteiger partial charge in [-0.1, -0.05) is 11.6 Å². The Hall–Kier alpha value is -2.63. The van der Waals surface area contributed by atoms with Crippen LogP contribution in [0.4, 0.5) is 18.9 Å². The third kappa shape index (κ3) is 7.72. The highest BCUT2D eigenvalue weighted by Gasteiger charge is 2.24. The Morgan fingerprint density at radius 2 is 1.73 bits per heavy atom. The van der Waals surface area contributed by atoms with Crippen LogP contribution in [0.15, 0.2) is 41.4 Å². The van der Waals surface area contributed by atoms with Crippen LogP contribution in [-0.4, -0.2) is 38.6 Å². The van der Waals surface area contributed by atoms with Crippen molar-refractivity contribution in [3.05, 3.63) is 64.4 Å². The fraction of sp³-hybridized carbons (Fsp3) is 0.333. The van der Waals surface area contributed by atoms with Crippen LogP contribution in [0.3, 0.4) is 0 Å². The lowest BCUT2D eigenvalue weighted by atomic mass is 9.92. The number of carbonyl (C=O) groups is 1. The summed E-state index contributed by atoms with van der Waals surface area (Å²) in [5.74, 6) is -3.67. The Kier molecular flexibility index (Phi) is 7.98. The molecular weight excluding hydrogens is 481 g/mol. The summed E-state index contributed by atoms with van der Waals surface area (Å²) in [6, 6.07) is 5.92. The lowest BCUT2D eigenvalue weighted by Crippen LogP contribution is -2.40. The van der Waals surface area contributed by atoms with Crippen molar-refractivity contribution in [1.29, 1.82) is 0 Å². The van der Waals surface area contributed by atoms with Gasteiger partial charge in [-0.05, 0) is 62.1 Å². The molecule has 7 nitrogen and oxygen atoms in total. The molecule has 3 rings (SSSR count). The van der Waals surface area contributed by atoms with Crippen LogP contribution in [-0.2, 0) is 10.0 Å². The Morgan fingerprint density at radius 1 is 1.03 bits per heavy atom. The molecule has 0 spiro atoms. The van der Waals surface area contributed by atoms with Gasteiger partial charge in [-0.2, -0.15) is 0 Å². The van der Waals surface area contributed by atoms with Crippen LogP contribution in [0, 0.1) is 17.5 Å². The van der Waals surface area contributed by atoms with Crippen molar-refractivity contribution >= 4 is 39.2 Å². The van der Waals surface area contributed by atoms with E-state index in [0.717, 1.165) is 36.6 Å². The number of hydrogen-bond donors (Lipinski definition) is 3. The van der Waals surface area contributed by atoms with Crippen LogP contribution < -0.4 is 15.4 Å². The van der Waals surface area contributed by atoms with Gasteiger partial charge in [0.25, 0.3) is 5.91 Å². The molecule has 1 aliphatic carbocycles. The smallest absolute Gasteiger partial charge is 0.258 e. The van der Waals surface area contributed by atoms with Crippen molar-refractivity contribution in [2.24, 2.45) is 4.99 Å². The highest BCUT2D eigenvalue weighted by atomic mass is 35.5. The molecule has 0 unspecified atom stereocenters. The van der Waals surface area contributed by atoms with E-state index in [-0.39, 0.29) is 34.3 Å². The molecule has 0 aliphatic heterocycles. The first-order valence-electron chi connectivity index (χ1n) is 10.0. The molecule has 33 heavy (non-hydrogen) atoms. The summed E-state index contributed by atoms with van der Waals surface area (Å²) < 4.78 is 65.9. The molecule has 1 aliphatic rings. The molecule has 3 N–H and O–H groups in total. The Labute approximate surface area is 194 Å². The lowest BCUT2D eigenvalue weighted by Gasteiger charge is -2.27. The molecule has 0 heterocycles. The molecule has 2 aromatic carbocycles. The number of anilines is 1. The number of halogens is 4. The topological polar surface area (TPSA) is 99.7 Å². The van der Waals surface area contributed by atoms with Gasteiger partial charge in [-0.25, -0.2) is 31.3 Å². The van der Waals surface area contributed by atoms with Gasteiger partial charge in [0.2, 0.25) is 16.0 Å². The SMILES string of the molecule is CS(=O)(=O)NC1CCC(N=C(NC(=O)c2ccc(F)c(F)c2)Nc2cc(F)cc(Cl)c2)CC1. The quantitative estimate of drug-likeness (QED) is 0.427. The average molecular weight is 503 g/mol. The largest absolute Gasteiger partial charge is 0.326 e. The van der Waals surface area contributed by atoms with Gasteiger partial charge in [0, 0.05) is 22.3 Å². The summed E-state index contributed by atoms with van der Waals surface area (Å²) in [6.07, 6.45) is 3.23. The molecule has 178 valence electrons. The molecule has 1 saturated carbocycles. The van der Waals surface area contributed by atoms with Gasteiger partial charge in [0.05, 0.1) is 12.3 Å². The Bertz CT molecular complexity index is 1150. The van der Waals surface area contributed by atoms with E-state index in [1.54, 1.807) is 0 Å². The number of aliphatic imine (C=N–C) groups is 1. The first-order chi connectivity index (χ1) is 15.5. The van der Waals surface area contributed by atoms with Crippen molar-refractivity contribution in [3.8, 4) is 0 Å². The Morgan fingerprint density at radius 3 is 2.33 bits per heavy atom. The maximum atomic E-state index is 13.7. The molecule has 0 bridgehead atoms. The van der Waals surface area contributed by atoms with Crippen LogP contribution in [0.2, 0.25) is 5.02 Å². The lowest BCUT2D eigenvalue weighted by molar-refractivity contribution is 0.0976. The van der Waals surface area contributed by atoms with Crippen LogP contribution in [0.5, 0.6) is 0 Å². The maximum Gasteiger partial charge on any atom is 0.258 e. The number of carbonyl (C=O) groups excluding carboxylic acids is 1. The molecule has 0 aromatic heterocycles. The van der Waals surface area contributed by atoms with Crippen LogP contribution in [0.25, 0.3) is 0 Å². The molecular formula is C21H22ClF3N4O3S. The fourth-order valence-electron chi connectivity index (χ4n) is 3.48. The minimum absolute atomic E-state index is 0.0362. The second-order valence-corrected chi connectivity index (χ2v) is 9.96. The van der Waals surface area contributed by atoms with Gasteiger partial charge in [-0.3, -0.25) is 10.1 Å². The zero-order valence-electron chi connectivity index (χ0n) is 17.5. The highest BCUT2D eigenvalue weighted by molar-refractivity contribution is 7.88. The second-order valence-electron chi connectivity index (χ2n) is 7.74. The Balaban J connectivity index is 1.79. The van der Waals surface area contributed by atoms with Gasteiger partial charge >= 0.3 is 0 Å². The number of benzene rings is 2. The summed E-state index contributed by atoms with van der Waals surface area (Å²) in [7, 11) is -3.33. The average Bonchev–Trinajstić information content (AvgIpc) is 2.69. The number of guanidine groups is 1. The van der Waals surface area contributed by atoms with Gasteiger partial charge in [-0.15, -0.1) is 0 Å². The molecule has 12 heteroatoms. The zero-order valence-corrected chi connectivity index (χ0v) is 19.1. The molecule has 2 aromatic rings. The highest BCUT2D eigenvalue weighted by Crippen LogP contribution is 2.23. The monoisotopic (exact) mass is 502 g/mol. The minimum Gasteiger partial charge on any atom is -0.326 e. The van der Waals surface area contributed by atoms with Crippen LogP contribution >= 0.6 is 11.6 Å². The van der Waals surface area contributed by atoms with E-state index in [9.17, 15) is 26.4 Å². The molecule has 0 saturated heterocycles. The van der Waals surface area contributed by atoms with Crippen molar-refractivity contribution in [2.45, 2.75) is 37.8 Å². The second kappa shape index (κ2) is 10.5. The summed E-state index contributed by atoms with van der Waals surface area (Å²) in [5, 5.41) is 5.42. The standard InChI is InChI=1S/C21H22ClF3N4O3S/c1-33(31,32)29-16-5-3-15(4-6-16)26-21(27-17-10-13(22)9-14(23)11-17)28-20(30)12-2-7-18(24)19(25)8-12/h2,7-11,15-16,29H,3-6H2,1H3,(H2,26,27,28,30). The third-order valence-corrected chi connectivity index (χ3v) is 5.91. The minimum atomic E-state index is -3.33. The summed E-state index contributed by atoms with van der Waals surface area (Å²) in [6.45, 7) is 0. The number of rotatable bonds is 5. The predicted molar refractivity (Wildman–Crippen MR) is 120 cm³/mol. The summed E-state index contributed by atoms with van der Waals surface area (Å²) in [4.78, 5) is 17.1. The van der Waals surface area contributed by atoms with Gasteiger partial charge < -0.3 is 5.32 Å². The number of amides is 1. The molecule has 0 atom stereocenters. The van der Waals surface area contributed by atoms with E-state index in [4.69, 9.17) is 11.6 Å². The summed E-state index contributed by atoms with van der Waals surface area (Å²) >= 11 is 5.89. The first kappa shape index (κ1) is 25.0. The molecule has 0 radical (unpaired) electrons. The van der Waals surface area contributed by atoms with E-state index in [1.165, 1.54) is 6.07 Å². The fourth-order valence-corrected chi connectivity index (χ4v) is 4.55. The maximum absolute atomic E-state index is 13.7. The number of nitrogens with one attached hydrogen (secondary N) is 3. The van der Waals surface area contributed by atoms with Crippen molar-refractivity contribution in [1.82, 2.24) is 10.0 Å². The number of hydrogen-bond acceptors (Lipinski definition) is 4. The third-order valence-electron chi connectivity index (χ3n) is 4.93. The van der Waals surface area contributed by atoms with Crippen LogP contribution in [0.1, 0.15) is 36.0 Å². The van der Waals surface area contributed by atoms with Crippen molar-refractivity contribution < 1.29 is 26.4 Å². The van der Waals surface area contributed by atoms with E-state index < -0.39 is 33.4 Å². The predicted octanol–water partition coefficient (Wildman–Crippen LogP) is 3.82. The molecule has 1 fully saturated rings. The number of nitrogens with zero attached hydrogens (tertiary/aromatic N) is 1. The summed E-state index contributed by atoms with van der Waals surface area (Å²) in [5.41, 5.74) is 0.0819. The van der Waals surface area contributed by atoms with E-state index in [2.05, 4.69) is 20.3 Å². The van der Waals surface area contributed by atoms with Crippen molar-refractivity contribution in [3.63, 3.8) is 0 Å². The van der Waals surface area contributed by atoms with Gasteiger partial charge in [0.1, 0.15) is 5.82 Å². The molecule has 1 amide bonds. The normalized spacial score (nSPS) is 19.2. The van der Waals surface area contributed by atoms with E-state index in [0.29, 0.717) is 25.7 Å². The van der Waals surface area contributed by atoms with Crippen molar-refractivity contribution in [2.75, 3.05) is 11.6 Å². The van der Waals surface area contributed by atoms with E-state index in [1.807, 2.05) is 0 Å². The zero-order chi connectivity index (χ0) is 24.2. The van der Waals surface area contributed by atoms with E-state index >= 15 is 0 Å². The number of sulfonamides is 1.